The topological polar surface area (TPSA) is 85.1 Å². The molecule has 0 radical (unpaired) electrons. The zero-order valence-electron chi connectivity index (χ0n) is 8.25. The lowest BCUT2D eigenvalue weighted by Crippen LogP contribution is -2.23. The summed E-state index contributed by atoms with van der Waals surface area (Å²) >= 11 is 0. The minimum absolute atomic E-state index is 0. The first-order chi connectivity index (χ1) is 7.11. The minimum atomic E-state index is -1.18. The molecule has 0 unspecified atom stereocenters. The molecule has 0 aliphatic carbocycles. The van der Waals surface area contributed by atoms with Gasteiger partial charge in [0.05, 0.1) is 5.39 Å². The maximum Gasteiger partial charge on any atom is 0.357 e. The minimum Gasteiger partial charge on any atom is -0.476 e. The molecule has 0 fully saturated rings. The van der Waals surface area contributed by atoms with Gasteiger partial charge >= 0.3 is 5.97 Å². The van der Waals surface area contributed by atoms with Crippen LogP contribution in [-0.4, -0.2) is 25.8 Å². The lowest BCUT2D eigenvalue weighted by atomic mass is 10.2. The van der Waals surface area contributed by atoms with Crippen LogP contribution >= 0.6 is 12.4 Å². The van der Waals surface area contributed by atoms with Crippen LogP contribution in [0.5, 0.6) is 0 Å². The third kappa shape index (κ3) is 1.74. The van der Waals surface area contributed by atoms with Crippen LogP contribution < -0.4 is 5.56 Å². The molecule has 0 aliphatic heterocycles. The maximum absolute atomic E-state index is 11.6. The van der Waals surface area contributed by atoms with Crippen LogP contribution in [0.25, 0.3) is 10.8 Å². The second-order valence-corrected chi connectivity index (χ2v) is 3.00. The van der Waals surface area contributed by atoms with Crippen molar-refractivity contribution in [2.24, 2.45) is 7.05 Å². The Balaban J connectivity index is 0.00000128. The highest BCUT2D eigenvalue weighted by Crippen LogP contribution is 2.10. The van der Waals surface area contributed by atoms with Gasteiger partial charge < -0.3 is 5.11 Å². The standard InChI is InChI=1S/C9H7N3O3.ClH/c1-12-8(13)5-2-3-10-4-6(5)7(11-12)9(14)15;/h2-4H,1H3,(H,14,15);1H. The molecule has 0 saturated heterocycles. The number of halogens is 1. The number of nitrogens with zero attached hydrogens (tertiary/aromatic N) is 3. The number of aromatic carboxylic acids is 1. The number of fused-ring (bicyclic) bond motifs is 1. The SMILES string of the molecule is Cl.Cn1nc(C(=O)O)c2cnccc2c1=O. The zero-order valence-corrected chi connectivity index (χ0v) is 9.06. The summed E-state index contributed by atoms with van der Waals surface area (Å²) in [5, 5.41) is 13.1. The molecule has 7 heteroatoms. The molecule has 16 heavy (non-hydrogen) atoms. The van der Waals surface area contributed by atoms with Crippen LogP contribution in [0, 0.1) is 0 Å². The lowest BCUT2D eigenvalue weighted by Gasteiger charge is -2.03. The number of aryl methyl sites for hydroxylation is 1. The first-order valence-corrected chi connectivity index (χ1v) is 4.15. The van der Waals surface area contributed by atoms with E-state index in [0.717, 1.165) is 4.68 Å². The van der Waals surface area contributed by atoms with Gasteiger partial charge in [-0.05, 0) is 6.07 Å². The number of carboxylic acid groups (broad SMARTS) is 1. The van der Waals surface area contributed by atoms with Crippen molar-refractivity contribution >= 4 is 29.1 Å². The van der Waals surface area contributed by atoms with Crippen LogP contribution in [-0.2, 0) is 7.05 Å². The lowest BCUT2D eigenvalue weighted by molar-refractivity contribution is 0.0690. The smallest absolute Gasteiger partial charge is 0.357 e. The van der Waals surface area contributed by atoms with Crippen molar-refractivity contribution in [1.29, 1.82) is 0 Å². The van der Waals surface area contributed by atoms with Crippen molar-refractivity contribution in [3.63, 3.8) is 0 Å². The summed E-state index contributed by atoms with van der Waals surface area (Å²) in [5.74, 6) is -1.18. The quantitative estimate of drug-likeness (QED) is 0.783. The van der Waals surface area contributed by atoms with E-state index in [1.54, 1.807) is 0 Å². The molecule has 0 saturated carbocycles. The Hall–Kier alpha value is -1.95. The average Bonchev–Trinajstić information content (AvgIpc) is 2.23. The molecule has 0 bridgehead atoms. The van der Waals surface area contributed by atoms with E-state index >= 15 is 0 Å². The van der Waals surface area contributed by atoms with Crippen LogP contribution in [0.1, 0.15) is 10.5 Å². The Morgan fingerprint density at radius 3 is 2.75 bits per heavy atom. The van der Waals surface area contributed by atoms with Gasteiger partial charge in [0, 0.05) is 24.8 Å². The fourth-order valence-electron chi connectivity index (χ4n) is 1.35. The highest BCUT2D eigenvalue weighted by Gasteiger charge is 2.13. The third-order valence-electron chi connectivity index (χ3n) is 2.05. The summed E-state index contributed by atoms with van der Waals surface area (Å²) in [5.41, 5.74) is -0.502. The van der Waals surface area contributed by atoms with Gasteiger partial charge in [-0.25, -0.2) is 9.48 Å². The van der Waals surface area contributed by atoms with Crippen molar-refractivity contribution in [2.45, 2.75) is 0 Å². The van der Waals surface area contributed by atoms with E-state index in [1.807, 2.05) is 0 Å². The summed E-state index contributed by atoms with van der Waals surface area (Å²) in [6.07, 6.45) is 2.77. The van der Waals surface area contributed by atoms with Gasteiger partial charge in [-0.2, -0.15) is 5.10 Å². The van der Waals surface area contributed by atoms with Crippen LogP contribution in [0.2, 0.25) is 0 Å². The Morgan fingerprint density at radius 2 is 2.12 bits per heavy atom. The molecule has 2 aromatic heterocycles. The van der Waals surface area contributed by atoms with E-state index < -0.39 is 5.97 Å². The average molecular weight is 242 g/mol. The third-order valence-corrected chi connectivity index (χ3v) is 2.05. The second kappa shape index (κ2) is 4.28. The van der Waals surface area contributed by atoms with Crippen molar-refractivity contribution < 1.29 is 9.90 Å². The number of carbonyl (C=O) groups is 1. The second-order valence-electron chi connectivity index (χ2n) is 3.00. The normalized spacial score (nSPS) is 9.81. The highest BCUT2D eigenvalue weighted by atomic mass is 35.5. The first-order valence-electron chi connectivity index (χ1n) is 4.15. The molecule has 2 rings (SSSR count). The number of pyridine rings is 1. The number of hydrogen-bond acceptors (Lipinski definition) is 4. The van der Waals surface area contributed by atoms with E-state index in [1.165, 1.54) is 25.5 Å². The van der Waals surface area contributed by atoms with Crippen molar-refractivity contribution in [1.82, 2.24) is 14.8 Å². The number of aromatic nitrogens is 3. The molecular weight excluding hydrogens is 234 g/mol. The molecule has 0 spiro atoms. The van der Waals surface area contributed by atoms with Gasteiger partial charge in [0.15, 0.2) is 5.69 Å². The maximum atomic E-state index is 11.6. The van der Waals surface area contributed by atoms with E-state index in [-0.39, 0.29) is 29.0 Å². The fourth-order valence-corrected chi connectivity index (χ4v) is 1.35. The summed E-state index contributed by atoms with van der Waals surface area (Å²) in [6, 6.07) is 1.48. The van der Waals surface area contributed by atoms with Gasteiger partial charge in [0.1, 0.15) is 0 Å². The number of rotatable bonds is 1. The Labute approximate surface area is 96.0 Å². The summed E-state index contributed by atoms with van der Waals surface area (Å²) in [4.78, 5) is 26.2. The van der Waals surface area contributed by atoms with Gasteiger partial charge in [-0.1, -0.05) is 0 Å². The van der Waals surface area contributed by atoms with E-state index in [2.05, 4.69) is 10.1 Å². The molecular formula is C9H8ClN3O3. The molecule has 0 aromatic carbocycles. The highest BCUT2D eigenvalue weighted by molar-refractivity contribution is 6.00. The Morgan fingerprint density at radius 1 is 1.44 bits per heavy atom. The monoisotopic (exact) mass is 241 g/mol. The van der Waals surface area contributed by atoms with E-state index in [9.17, 15) is 9.59 Å². The molecule has 0 aliphatic rings. The molecule has 2 aromatic rings. The number of hydrogen-bond donors (Lipinski definition) is 1. The zero-order chi connectivity index (χ0) is 11.0. The predicted molar refractivity (Wildman–Crippen MR) is 59.0 cm³/mol. The summed E-state index contributed by atoms with van der Waals surface area (Å²) in [6.45, 7) is 0. The first kappa shape index (κ1) is 12.1. The molecule has 1 N–H and O–H groups in total. The predicted octanol–water partition coefficient (Wildman–Crippen LogP) is 0.448. The van der Waals surface area contributed by atoms with Crippen molar-refractivity contribution in [2.75, 3.05) is 0 Å². The van der Waals surface area contributed by atoms with Gasteiger partial charge in [-0.15, -0.1) is 12.4 Å². The van der Waals surface area contributed by atoms with Gasteiger partial charge in [0.25, 0.3) is 5.56 Å². The molecule has 2 heterocycles. The van der Waals surface area contributed by atoms with Gasteiger partial charge in [0.2, 0.25) is 0 Å². The number of carboxylic acids is 1. The summed E-state index contributed by atoms with van der Waals surface area (Å²) < 4.78 is 1.01. The summed E-state index contributed by atoms with van der Waals surface area (Å²) in [7, 11) is 1.41. The van der Waals surface area contributed by atoms with Crippen molar-refractivity contribution in [3.05, 3.63) is 34.5 Å². The molecule has 84 valence electrons. The molecule has 0 atom stereocenters. The largest absolute Gasteiger partial charge is 0.476 e. The van der Waals surface area contributed by atoms with Crippen LogP contribution in [0.3, 0.4) is 0 Å². The van der Waals surface area contributed by atoms with E-state index in [0.29, 0.717) is 5.39 Å². The Bertz CT molecular complexity index is 608. The van der Waals surface area contributed by atoms with Crippen LogP contribution in [0.4, 0.5) is 0 Å². The molecule has 6 nitrogen and oxygen atoms in total. The van der Waals surface area contributed by atoms with Crippen molar-refractivity contribution in [3.8, 4) is 0 Å². The fraction of sp³-hybridized carbons (Fsp3) is 0.111. The Kier molecular flexibility index (Phi) is 3.24. The van der Waals surface area contributed by atoms with Crippen LogP contribution in [0.15, 0.2) is 23.3 Å². The van der Waals surface area contributed by atoms with E-state index in [4.69, 9.17) is 5.11 Å². The van der Waals surface area contributed by atoms with Gasteiger partial charge in [-0.3, -0.25) is 9.78 Å². The molecule has 0 amide bonds.